The van der Waals surface area contributed by atoms with Gasteiger partial charge in [-0.05, 0) is 105 Å². The summed E-state index contributed by atoms with van der Waals surface area (Å²) >= 11 is 0. The Balaban J connectivity index is 1.56. The first-order valence-corrected chi connectivity index (χ1v) is 13.0. The van der Waals surface area contributed by atoms with Crippen LogP contribution in [0.5, 0.6) is 0 Å². The Morgan fingerprint density at radius 3 is 2.28 bits per heavy atom. The lowest BCUT2D eigenvalue weighted by Gasteiger charge is -2.38. The summed E-state index contributed by atoms with van der Waals surface area (Å²) in [6.45, 7) is 7.55. The first-order valence-electron chi connectivity index (χ1n) is 13.0. The van der Waals surface area contributed by atoms with Crippen molar-refractivity contribution in [2.45, 2.75) is 64.8 Å². The van der Waals surface area contributed by atoms with E-state index in [-0.39, 0.29) is 17.3 Å². The zero-order valence-electron chi connectivity index (χ0n) is 21.6. The molecule has 3 aromatic rings. The molecule has 1 saturated heterocycles. The van der Waals surface area contributed by atoms with E-state index in [0.29, 0.717) is 13.2 Å². The number of ether oxygens (including phenoxy) is 1. The molecule has 0 radical (unpaired) electrons. The van der Waals surface area contributed by atoms with Crippen LogP contribution in [0.3, 0.4) is 0 Å². The first kappa shape index (κ1) is 25.9. The number of halogens is 1. The molecular formula is C31H37FN2O2. The highest BCUT2D eigenvalue weighted by Gasteiger charge is 2.34. The van der Waals surface area contributed by atoms with Gasteiger partial charge in [-0.1, -0.05) is 37.6 Å². The van der Waals surface area contributed by atoms with E-state index >= 15 is 0 Å². The molecule has 0 saturated carbocycles. The first-order chi connectivity index (χ1) is 17.4. The second-order valence-electron chi connectivity index (χ2n) is 10.1. The summed E-state index contributed by atoms with van der Waals surface area (Å²) in [5.41, 5.74) is 6.81. The number of benzene rings is 3. The minimum atomic E-state index is -0.343. The van der Waals surface area contributed by atoms with Crippen LogP contribution >= 0.6 is 0 Å². The molecule has 0 unspecified atom stereocenters. The summed E-state index contributed by atoms with van der Waals surface area (Å²) in [6.07, 6.45) is 4.91. The van der Waals surface area contributed by atoms with Crippen LogP contribution in [-0.4, -0.2) is 24.7 Å². The normalized spacial score (nSPS) is 14.9. The average molecular weight is 489 g/mol. The number of hydrogen-bond acceptors (Lipinski definition) is 3. The van der Waals surface area contributed by atoms with E-state index in [0.717, 1.165) is 66.6 Å². The minimum absolute atomic E-state index is 0.0384. The highest BCUT2D eigenvalue weighted by Crippen LogP contribution is 2.29. The van der Waals surface area contributed by atoms with Gasteiger partial charge in [0.05, 0.1) is 0 Å². The van der Waals surface area contributed by atoms with Crippen LogP contribution in [0.2, 0.25) is 0 Å². The predicted molar refractivity (Wildman–Crippen MR) is 145 cm³/mol. The van der Waals surface area contributed by atoms with E-state index in [1.54, 1.807) is 0 Å². The summed E-state index contributed by atoms with van der Waals surface area (Å²) in [5.74, 6) is -0.269. The SMILES string of the molecule is CCCc1ccc(Nc2cc(C)cc(C)c2)cc1C(=O)NC1(CCc2ccc(F)cc2)CCOCC1. The average Bonchev–Trinajstić information content (AvgIpc) is 2.85. The van der Waals surface area contributed by atoms with Gasteiger partial charge in [0.2, 0.25) is 0 Å². The predicted octanol–water partition coefficient (Wildman–Crippen LogP) is 7.05. The Bertz CT molecular complexity index is 1160. The molecule has 3 aromatic carbocycles. The van der Waals surface area contributed by atoms with Crippen molar-refractivity contribution in [2.75, 3.05) is 18.5 Å². The third-order valence-electron chi connectivity index (χ3n) is 7.02. The van der Waals surface area contributed by atoms with Crippen molar-refractivity contribution in [1.82, 2.24) is 5.32 Å². The molecule has 1 fully saturated rings. The van der Waals surface area contributed by atoms with Gasteiger partial charge in [-0.2, -0.15) is 0 Å². The standard InChI is InChI=1S/C31H37FN2O2/c1-4-5-25-8-11-27(33-28-19-22(2)18-23(3)20-28)21-29(25)30(35)34-31(14-16-36-17-15-31)13-12-24-6-9-26(32)10-7-24/h6-11,18-21,33H,4-5,12-17H2,1-3H3,(H,34,35). The lowest BCUT2D eigenvalue weighted by Crippen LogP contribution is -2.52. The van der Waals surface area contributed by atoms with Gasteiger partial charge in [-0.25, -0.2) is 4.39 Å². The summed E-state index contributed by atoms with van der Waals surface area (Å²) in [4.78, 5) is 13.8. The maximum Gasteiger partial charge on any atom is 0.252 e. The van der Waals surface area contributed by atoms with Crippen molar-refractivity contribution in [3.8, 4) is 0 Å². The van der Waals surface area contributed by atoms with Crippen molar-refractivity contribution in [3.05, 3.63) is 94.3 Å². The van der Waals surface area contributed by atoms with Gasteiger partial charge in [-0.3, -0.25) is 4.79 Å². The zero-order valence-corrected chi connectivity index (χ0v) is 21.6. The number of hydrogen-bond donors (Lipinski definition) is 2. The maximum atomic E-state index is 13.8. The summed E-state index contributed by atoms with van der Waals surface area (Å²) < 4.78 is 19.0. The Morgan fingerprint density at radius 1 is 0.917 bits per heavy atom. The van der Waals surface area contributed by atoms with Gasteiger partial charge in [0.15, 0.2) is 0 Å². The van der Waals surface area contributed by atoms with Crippen LogP contribution in [0.1, 0.15) is 65.2 Å². The molecule has 1 aliphatic rings. The quantitative estimate of drug-likeness (QED) is 0.339. The second kappa shape index (κ2) is 11.7. The van der Waals surface area contributed by atoms with Crippen LogP contribution in [0.25, 0.3) is 0 Å². The lowest BCUT2D eigenvalue weighted by atomic mass is 9.83. The molecule has 0 spiro atoms. The molecule has 2 N–H and O–H groups in total. The molecule has 4 rings (SSSR count). The summed E-state index contributed by atoms with van der Waals surface area (Å²) in [7, 11) is 0. The third kappa shape index (κ3) is 6.73. The van der Waals surface area contributed by atoms with E-state index in [9.17, 15) is 9.18 Å². The molecule has 1 heterocycles. The topological polar surface area (TPSA) is 50.4 Å². The van der Waals surface area contributed by atoms with E-state index in [1.165, 1.54) is 23.3 Å². The van der Waals surface area contributed by atoms with Crippen LogP contribution in [-0.2, 0) is 17.6 Å². The number of carbonyl (C=O) groups is 1. The zero-order chi connectivity index (χ0) is 25.5. The Kier molecular flexibility index (Phi) is 8.42. The highest BCUT2D eigenvalue weighted by atomic mass is 19.1. The van der Waals surface area contributed by atoms with Gasteiger partial charge in [0.1, 0.15) is 5.82 Å². The van der Waals surface area contributed by atoms with Gasteiger partial charge in [-0.15, -0.1) is 0 Å². The molecule has 0 bridgehead atoms. The molecule has 1 aliphatic heterocycles. The number of anilines is 2. The second-order valence-corrected chi connectivity index (χ2v) is 10.1. The number of amides is 1. The van der Waals surface area contributed by atoms with Gasteiger partial charge >= 0.3 is 0 Å². The smallest absolute Gasteiger partial charge is 0.252 e. The molecule has 190 valence electrons. The molecule has 1 amide bonds. The number of nitrogens with one attached hydrogen (secondary N) is 2. The van der Waals surface area contributed by atoms with Gasteiger partial charge in [0, 0.05) is 35.7 Å². The maximum absolute atomic E-state index is 13.8. The minimum Gasteiger partial charge on any atom is -0.381 e. The van der Waals surface area contributed by atoms with E-state index < -0.39 is 0 Å². The highest BCUT2D eigenvalue weighted by molar-refractivity contribution is 5.97. The fourth-order valence-electron chi connectivity index (χ4n) is 5.11. The molecular weight excluding hydrogens is 451 g/mol. The fraction of sp³-hybridized carbons (Fsp3) is 0.387. The van der Waals surface area contributed by atoms with Crippen LogP contribution < -0.4 is 10.6 Å². The van der Waals surface area contributed by atoms with Crippen molar-refractivity contribution in [2.24, 2.45) is 0 Å². The van der Waals surface area contributed by atoms with Crippen molar-refractivity contribution in [1.29, 1.82) is 0 Å². The van der Waals surface area contributed by atoms with Crippen molar-refractivity contribution < 1.29 is 13.9 Å². The number of rotatable bonds is 9. The van der Waals surface area contributed by atoms with Crippen molar-refractivity contribution in [3.63, 3.8) is 0 Å². The van der Waals surface area contributed by atoms with Crippen LogP contribution in [0.4, 0.5) is 15.8 Å². The monoisotopic (exact) mass is 488 g/mol. The molecule has 0 aromatic heterocycles. The summed E-state index contributed by atoms with van der Waals surface area (Å²) in [5, 5.41) is 6.90. The third-order valence-corrected chi connectivity index (χ3v) is 7.02. The Morgan fingerprint density at radius 2 is 1.61 bits per heavy atom. The summed E-state index contributed by atoms with van der Waals surface area (Å²) in [6, 6.07) is 19.1. The largest absolute Gasteiger partial charge is 0.381 e. The molecule has 0 atom stereocenters. The fourth-order valence-corrected chi connectivity index (χ4v) is 5.11. The van der Waals surface area contributed by atoms with Crippen LogP contribution in [0, 0.1) is 19.7 Å². The Labute approximate surface area is 214 Å². The number of carbonyl (C=O) groups excluding carboxylic acids is 1. The molecule has 4 nitrogen and oxygen atoms in total. The van der Waals surface area contributed by atoms with Gasteiger partial charge in [0.25, 0.3) is 5.91 Å². The van der Waals surface area contributed by atoms with Crippen LogP contribution in [0.15, 0.2) is 60.7 Å². The van der Waals surface area contributed by atoms with Gasteiger partial charge < -0.3 is 15.4 Å². The van der Waals surface area contributed by atoms with E-state index in [2.05, 4.69) is 61.7 Å². The van der Waals surface area contributed by atoms with Crippen molar-refractivity contribution >= 4 is 17.3 Å². The number of aryl methyl sites for hydroxylation is 4. The molecule has 0 aliphatic carbocycles. The molecule has 36 heavy (non-hydrogen) atoms. The molecule has 5 heteroatoms. The van der Waals surface area contributed by atoms with E-state index in [1.807, 2.05) is 18.2 Å². The van der Waals surface area contributed by atoms with E-state index in [4.69, 9.17) is 4.74 Å². The lowest BCUT2D eigenvalue weighted by molar-refractivity contribution is 0.0328. The Hall–Kier alpha value is -3.18.